The molecule has 0 saturated heterocycles. The molecule has 1 aromatic carbocycles. The summed E-state index contributed by atoms with van der Waals surface area (Å²) in [5.74, 6) is 0. The first kappa shape index (κ1) is 12.6. The monoisotopic (exact) mass is 288 g/mol. The second-order valence-electron chi connectivity index (χ2n) is 4.90. The number of nitrogens with zero attached hydrogens (tertiary/aromatic N) is 1. The van der Waals surface area contributed by atoms with Crippen molar-refractivity contribution in [3.63, 3.8) is 0 Å². The van der Waals surface area contributed by atoms with Crippen LogP contribution in [-0.4, -0.2) is 11.5 Å². The Morgan fingerprint density at radius 2 is 2.21 bits per heavy atom. The minimum atomic E-state index is 0.475. The number of thiocarbonyl (C=S) groups is 1. The summed E-state index contributed by atoms with van der Waals surface area (Å²) >= 11 is 6.93. The fourth-order valence-electron chi connectivity index (χ4n) is 2.59. The average Bonchev–Trinajstić information content (AvgIpc) is 2.85. The predicted octanol–water partition coefficient (Wildman–Crippen LogP) is 3.25. The quantitative estimate of drug-likeness (QED) is 0.860. The van der Waals surface area contributed by atoms with E-state index in [1.54, 1.807) is 0 Å². The Labute approximate surface area is 122 Å². The van der Waals surface area contributed by atoms with E-state index in [-0.39, 0.29) is 0 Å². The average molecular weight is 288 g/mol. The number of benzene rings is 1. The van der Waals surface area contributed by atoms with E-state index in [4.69, 9.17) is 18.0 Å². The summed E-state index contributed by atoms with van der Waals surface area (Å²) in [5.41, 5.74) is 10.6. The van der Waals surface area contributed by atoms with E-state index in [1.807, 2.05) is 17.4 Å². The van der Waals surface area contributed by atoms with Crippen LogP contribution in [0.4, 0.5) is 5.69 Å². The van der Waals surface area contributed by atoms with Crippen LogP contribution in [0.3, 0.4) is 0 Å². The van der Waals surface area contributed by atoms with E-state index in [2.05, 4.69) is 35.4 Å². The van der Waals surface area contributed by atoms with Crippen molar-refractivity contribution in [2.24, 2.45) is 5.73 Å². The van der Waals surface area contributed by atoms with Crippen LogP contribution in [0.15, 0.2) is 29.6 Å². The lowest BCUT2D eigenvalue weighted by molar-refractivity contribution is 0.743. The van der Waals surface area contributed by atoms with Crippen LogP contribution in [0.25, 0.3) is 0 Å². The van der Waals surface area contributed by atoms with Crippen molar-refractivity contribution >= 4 is 34.2 Å². The molecule has 0 amide bonds. The molecule has 3 rings (SSSR count). The SMILES string of the molecule is Cc1cc(N2CCc3sccc3C2)ccc1C(N)=S. The Morgan fingerprint density at radius 1 is 1.37 bits per heavy atom. The van der Waals surface area contributed by atoms with Gasteiger partial charge in [0.1, 0.15) is 4.99 Å². The zero-order valence-corrected chi connectivity index (χ0v) is 12.5. The molecule has 0 radical (unpaired) electrons. The number of rotatable bonds is 2. The van der Waals surface area contributed by atoms with Crippen LogP contribution < -0.4 is 10.6 Å². The maximum atomic E-state index is 5.71. The summed E-state index contributed by atoms with van der Waals surface area (Å²) in [6.07, 6.45) is 1.14. The van der Waals surface area contributed by atoms with Crippen LogP contribution in [0.1, 0.15) is 21.6 Å². The number of anilines is 1. The second-order valence-corrected chi connectivity index (χ2v) is 6.34. The lowest BCUT2D eigenvalue weighted by atomic mass is 10.0. The third-order valence-electron chi connectivity index (χ3n) is 3.65. The highest BCUT2D eigenvalue weighted by molar-refractivity contribution is 7.80. The maximum Gasteiger partial charge on any atom is 0.104 e. The molecule has 0 saturated carbocycles. The molecule has 2 nitrogen and oxygen atoms in total. The fourth-order valence-corrected chi connectivity index (χ4v) is 3.71. The number of aryl methyl sites for hydroxylation is 1. The summed E-state index contributed by atoms with van der Waals surface area (Å²) in [4.78, 5) is 4.43. The van der Waals surface area contributed by atoms with E-state index in [1.165, 1.54) is 16.1 Å². The Morgan fingerprint density at radius 3 is 2.95 bits per heavy atom. The van der Waals surface area contributed by atoms with Crippen molar-refractivity contribution < 1.29 is 0 Å². The van der Waals surface area contributed by atoms with Gasteiger partial charge in [-0.3, -0.25) is 0 Å². The van der Waals surface area contributed by atoms with E-state index in [0.29, 0.717) is 4.99 Å². The highest BCUT2D eigenvalue weighted by Crippen LogP contribution is 2.28. The minimum Gasteiger partial charge on any atom is -0.389 e. The van der Waals surface area contributed by atoms with Gasteiger partial charge in [-0.1, -0.05) is 12.2 Å². The molecule has 1 aliphatic heterocycles. The van der Waals surface area contributed by atoms with E-state index in [9.17, 15) is 0 Å². The Hall–Kier alpha value is -1.39. The molecule has 98 valence electrons. The van der Waals surface area contributed by atoms with Crippen LogP contribution in [0.5, 0.6) is 0 Å². The zero-order valence-electron chi connectivity index (χ0n) is 10.8. The van der Waals surface area contributed by atoms with Crippen molar-refractivity contribution in [1.82, 2.24) is 0 Å². The van der Waals surface area contributed by atoms with Gasteiger partial charge in [-0.15, -0.1) is 11.3 Å². The molecule has 1 aromatic heterocycles. The van der Waals surface area contributed by atoms with Gasteiger partial charge in [0, 0.05) is 29.2 Å². The molecule has 2 heterocycles. The molecule has 4 heteroatoms. The van der Waals surface area contributed by atoms with Gasteiger partial charge in [0.15, 0.2) is 0 Å². The highest BCUT2D eigenvalue weighted by atomic mass is 32.1. The lowest BCUT2D eigenvalue weighted by Gasteiger charge is -2.29. The minimum absolute atomic E-state index is 0.475. The summed E-state index contributed by atoms with van der Waals surface area (Å²) in [6, 6.07) is 8.59. The van der Waals surface area contributed by atoms with Crippen molar-refractivity contribution in [3.8, 4) is 0 Å². The molecule has 0 unspecified atom stereocenters. The summed E-state index contributed by atoms with van der Waals surface area (Å²) < 4.78 is 0. The van der Waals surface area contributed by atoms with E-state index >= 15 is 0 Å². The topological polar surface area (TPSA) is 29.3 Å². The van der Waals surface area contributed by atoms with Crippen molar-refractivity contribution in [2.45, 2.75) is 19.9 Å². The van der Waals surface area contributed by atoms with Gasteiger partial charge in [-0.2, -0.15) is 0 Å². The first-order chi connectivity index (χ1) is 9.15. The molecule has 2 N–H and O–H groups in total. The third kappa shape index (κ3) is 2.38. The second kappa shape index (κ2) is 4.94. The van der Waals surface area contributed by atoms with Crippen molar-refractivity contribution in [1.29, 1.82) is 0 Å². The highest BCUT2D eigenvalue weighted by Gasteiger charge is 2.17. The standard InChI is InChI=1S/C15H16N2S2/c1-10-8-12(2-3-13(10)15(16)18)17-6-4-14-11(9-17)5-7-19-14/h2-3,5,7-8H,4,6,9H2,1H3,(H2,16,18). The van der Waals surface area contributed by atoms with Crippen molar-refractivity contribution in [3.05, 3.63) is 51.2 Å². The third-order valence-corrected chi connectivity index (χ3v) is 4.89. The Bertz CT molecular complexity index is 631. The Balaban J connectivity index is 1.88. The molecular weight excluding hydrogens is 272 g/mol. The first-order valence-corrected chi connectivity index (χ1v) is 7.64. The number of thiophene rings is 1. The summed E-state index contributed by atoms with van der Waals surface area (Å²) in [5, 5.41) is 2.19. The van der Waals surface area contributed by atoms with Gasteiger partial charge in [0.2, 0.25) is 0 Å². The normalized spacial score (nSPS) is 14.3. The van der Waals surface area contributed by atoms with E-state index in [0.717, 1.165) is 30.6 Å². The van der Waals surface area contributed by atoms with Crippen LogP contribution in [-0.2, 0) is 13.0 Å². The molecule has 1 aliphatic rings. The van der Waals surface area contributed by atoms with Gasteiger partial charge in [-0.05, 0) is 54.1 Å². The molecule has 0 bridgehead atoms. The number of fused-ring (bicyclic) bond motifs is 1. The van der Waals surface area contributed by atoms with Gasteiger partial charge in [0.05, 0.1) is 0 Å². The first-order valence-electron chi connectivity index (χ1n) is 6.36. The largest absolute Gasteiger partial charge is 0.389 e. The van der Waals surface area contributed by atoms with Gasteiger partial charge in [0.25, 0.3) is 0 Å². The van der Waals surface area contributed by atoms with E-state index < -0.39 is 0 Å². The molecule has 19 heavy (non-hydrogen) atoms. The molecule has 0 atom stereocenters. The fraction of sp³-hybridized carbons (Fsp3) is 0.267. The van der Waals surface area contributed by atoms with Crippen LogP contribution in [0, 0.1) is 6.92 Å². The molecule has 0 spiro atoms. The van der Waals surface area contributed by atoms with Crippen LogP contribution in [0.2, 0.25) is 0 Å². The van der Waals surface area contributed by atoms with Gasteiger partial charge in [-0.25, -0.2) is 0 Å². The molecular formula is C15H16N2S2. The smallest absolute Gasteiger partial charge is 0.104 e. The van der Waals surface area contributed by atoms with Crippen molar-refractivity contribution in [2.75, 3.05) is 11.4 Å². The molecule has 0 aliphatic carbocycles. The summed E-state index contributed by atoms with van der Waals surface area (Å²) in [6.45, 7) is 4.15. The number of hydrogen-bond donors (Lipinski definition) is 1. The Kier molecular flexibility index (Phi) is 3.29. The molecule has 2 aromatic rings. The van der Waals surface area contributed by atoms with Gasteiger partial charge < -0.3 is 10.6 Å². The van der Waals surface area contributed by atoms with Crippen LogP contribution >= 0.6 is 23.6 Å². The predicted molar refractivity (Wildman–Crippen MR) is 86.1 cm³/mol. The zero-order chi connectivity index (χ0) is 13.4. The lowest BCUT2D eigenvalue weighted by Crippen LogP contribution is -2.29. The number of nitrogens with two attached hydrogens (primary N) is 1. The molecule has 0 fully saturated rings. The van der Waals surface area contributed by atoms with Gasteiger partial charge >= 0.3 is 0 Å². The number of hydrogen-bond acceptors (Lipinski definition) is 3. The summed E-state index contributed by atoms with van der Waals surface area (Å²) in [7, 11) is 0. The maximum absolute atomic E-state index is 5.71.